The van der Waals surface area contributed by atoms with Gasteiger partial charge in [0.25, 0.3) is 5.96 Å². The van der Waals surface area contributed by atoms with Crippen LogP contribution in [0.4, 0.5) is 0 Å². The minimum Gasteiger partial charge on any atom is -0.365 e. The molecule has 0 bridgehead atoms. The Balaban J connectivity index is 1.74. The molecular weight excluding hydrogens is 474 g/mol. The monoisotopic (exact) mass is 503 g/mol. The molecule has 0 aliphatic heterocycles. The quantitative estimate of drug-likeness (QED) is 0.0963. The Morgan fingerprint density at radius 3 is 2.08 bits per heavy atom. The molecule has 0 fully saturated rings. The lowest BCUT2D eigenvalue weighted by molar-refractivity contribution is -0.485. The van der Waals surface area contributed by atoms with Gasteiger partial charge in [-0.3, -0.25) is 14.6 Å². The summed E-state index contributed by atoms with van der Waals surface area (Å²) in [5.41, 5.74) is 7.92. The van der Waals surface area contributed by atoms with Crippen LogP contribution in [0.5, 0.6) is 0 Å². The Morgan fingerprint density at radius 2 is 1.51 bits per heavy atom. The van der Waals surface area contributed by atoms with Gasteiger partial charge in [0.1, 0.15) is 11.1 Å². The van der Waals surface area contributed by atoms with Crippen molar-refractivity contribution in [3.8, 4) is 0 Å². The SMILES string of the molecule is N/C(=N/[N+](=O)[O-])NCCC[C@@H](NC(=O)C(c1ccccc1)c1ccccc1)C(=O)NCc1ccncc1. The molecular formula is C26H29N7O4. The third-order valence-electron chi connectivity index (χ3n) is 5.54. The summed E-state index contributed by atoms with van der Waals surface area (Å²) in [6, 6.07) is 21.4. The second-order valence-electron chi connectivity index (χ2n) is 8.18. The first-order valence-electron chi connectivity index (χ1n) is 11.7. The number of pyridine rings is 1. The van der Waals surface area contributed by atoms with Crippen LogP contribution in [0.25, 0.3) is 0 Å². The summed E-state index contributed by atoms with van der Waals surface area (Å²) in [6.45, 7) is 0.503. The highest BCUT2D eigenvalue weighted by Gasteiger charge is 2.27. The van der Waals surface area contributed by atoms with Gasteiger partial charge in [0, 0.05) is 25.5 Å². The summed E-state index contributed by atoms with van der Waals surface area (Å²) in [5, 5.41) is 20.9. The zero-order valence-electron chi connectivity index (χ0n) is 20.1. The number of guanidine groups is 1. The number of nitro groups is 1. The first-order chi connectivity index (χ1) is 17.9. The lowest BCUT2D eigenvalue weighted by atomic mass is 9.90. The fourth-order valence-electron chi connectivity index (χ4n) is 3.77. The van der Waals surface area contributed by atoms with E-state index < -0.39 is 17.0 Å². The number of benzene rings is 2. The van der Waals surface area contributed by atoms with Gasteiger partial charge in [0.05, 0.1) is 5.92 Å². The zero-order chi connectivity index (χ0) is 26.5. The van der Waals surface area contributed by atoms with Gasteiger partial charge in [-0.05, 0) is 41.7 Å². The van der Waals surface area contributed by atoms with Crippen molar-refractivity contribution in [2.75, 3.05) is 6.54 Å². The Kier molecular flexibility index (Phi) is 10.1. The molecule has 0 saturated heterocycles. The van der Waals surface area contributed by atoms with E-state index in [1.165, 1.54) is 0 Å². The summed E-state index contributed by atoms with van der Waals surface area (Å²) in [7, 11) is 0. The number of hydrogen-bond donors (Lipinski definition) is 4. The average Bonchev–Trinajstić information content (AvgIpc) is 2.90. The maximum atomic E-state index is 13.6. The predicted molar refractivity (Wildman–Crippen MR) is 139 cm³/mol. The largest absolute Gasteiger partial charge is 0.365 e. The molecule has 2 aromatic carbocycles. The molecule has 11 heteroatoms. The van der Waals surface area contributed by atoms with Gasteiger partial charge >= 0.3 is 0 Å². The molecule has 1 atom stereocenters. The van der Waals surface area contributed by atoms with Crippen molar-refractivity contribution >= 4 is 17.8 Å². The van der Waals surface area contributed by atoms with Crippen LogP contribution >= 0.6 is 0 Å². The van der Waals surface area contributed by atoms with Gasteiger partial charge in [-0.1, -0.05) is 60.7 Å². The smallest absolute Gasteiger partial charge is 0.266 e. The fourth-order valence-corrected chi connectivity index (χ4v) is 3.77. The highest BCUT2D eigenvalue weighted by atomic mass is 16.7. The summed E-state index contributed by atoms with van der Waals surface area (Å²) in [5.74, 6) is -1.61. The predicted octanol–water partition coefficient (Wildman–Crippen LogP) is 1.89. The summed E-state index contributed by atoms with van der Waals surface area (Å²) >= 11 is 0. The first kappa shape index (κ1) is 26.8. The van der Waals surface area contributed by atoms with Crippen LogP contribution in [0.3, 0.4) is 0 Å². The molecule has 1 heterocycles. The zero-order valence-corrected chi connectivity index (χ0v) is 20.1. The Hall–Kier alpha value is -4.80. The van der Waals surface area contributed by atoms with E-state index in [2.05, 4.69) is 26.0 Å². The molecule has 2 amide bonds. The van der Waals surface area contributed by atoms with E-state index in [-0.39, 0.29) is 37.3 Å². The van der Waals surface area contributed by atoms with Gasteiger partial charge in [-0.15, -0.1) is 0 Å². The Morgan fingerprint density at radius 1 is 0.919 bits per heavy atom. The summed E-state index contributed by atoms with van der Waals surface area (Å²) in [6.07, 6.45) is 3.92. The molecule has 37 heavy (non-hydrogen) atoms. The first-order valence-corrected chi connectivity index (χ1v) is 11.7. The van der Waals surface area contributed by atoms with Crippen molar-refractivity contribution in [3.05, 3.63) is 112 Å². The van der Waals surface area contributed by atoms with E-state index >= 15 is 0 Å². The third kappa shape index (κ3) is 8.73. The standard InChI is InChI=1S/C26H29N7O4/c27-26(32-33(36)37)29-15-7-12-22(24(34)30-18-19-13-16-28-17-14-19)31-25(35)23(20-8-3-1-4-9-20)21-10-5-2-6-11-21/h1-6,8-11,13-14,16-17,22-23H,7,12,15,18H2,(H,30,34)(H,31,35)(H3,27,29,32)/t22-/m1/s1. The molecule has 0 unspecified atom stereocenters. The van der Waals surface area contributed by atoms with Crippen LogP contribution in [0.1, 0.15) is 35.4 Å². The van der Waals surface area contributed by atoms with Crippen LogP contribution in [-0.2, 0) is 16.1 Å². The Bertz CT molecular complexity index is 1150. The minimum absolute atomic E-state index is 0.230. The van der Waals surface area contributed by atoms with E-state index in [9.17, 15) is 19.7 Å². The van der Waals surface area contributed by atoms with Gasteiger partial charge < -0.3 is 21.7 Å². The van der Waals surface area contributed by atoms with Crippen LogP contribution in [-0.4, -0.2) is 40.4 Å². The van der Waals surface area contributed by atoms with Crippen LogP contribution in [0.2, 0.25) is 0 Å². The number of hydrazone groups is 1. The number of nitrogens with zero attached hydrogens (tertiary/aromatic N) is 3. The van der Waals surface area contributed by atoms with Crippen molar-refractivity contribution in [2.24, 2.45) is 10.8 Å². The van der Waals surface area contributed by atoms with Crippen molar-refractivity contribution in [2.45, 2.75) is 31.3 Å². The second-order valence-corrected chi connectivity index (χ2v) is 8.18. The molecule has 11 nitrogen and oxygen atoms in total. The average molecular weight is 504 g/mol. The number of amides is 2. The van der Waals surface area contributed by atoms with E-state index in [0.29, 0.717) is 6.42 Å². The molecule has 5 N–H and O–H groups in total. The van der Waals surface area contributed by atoms with Crippen molar-refractivity contribution < 1.29 is 14.6 Å². The molecule has 1 aromatic heterocycles. The number of hydrogen-bond acceptors (Lipinski definition) is 5. The second kappa shape index (κ2) is 13.9. The molecule has 0 aliphatic rings. The van der Waals surface area contributed by atoms with E-state index in [1.54, 1.807) is 24.5 Å². The summed E-state index contributed by atoms with van der Waals surface area (Å²) in [4.78, 5) is 41.1. The number of carbonyl (C=O) groups is 2. The maximum absolute atomic E-state index is 13.6. The number of nitrogens with two attached hydrogens (primary N) is 1. The highest BCUT2D eigenvalue weighted by molar-refractivity contribution is 5.92. The molecule has 192 valence electrons. The third-order valence-corrected chi connectivity index (χ3v) is 5.54. The lowest BCUT2D eigenvalue weighted by Gasteiger charge is -2.23. The Labute approximate surface area is 214 Å². The number of rotatable bonds is 12. The van der Waals surface area contributed by atoms with Gasteiger partial charge in [0.2, 0.25) is 11.8 Å². The number of aromatic nitrogens is 1. The molecule has 0 radical (unpaired) electrons. The van der Waals surface area contributed by atoms with Crippen LogP contribution in [0, 0.1) is 10.1 Å². The fraction of sp³-hybridized carbons (Fsp3) is 0.231. The maximum Gasteiger partial charge on any atom is 0.266 e. The number of nitrogens with one attached hydrogen (secondary N) is 3. The van der Waals surface area contributed by atoms with E-state index in [0.717, 1.165) is 16.7 Å². The van der Waals surface area contributed by atoms with Gasteiger partial charge in [-0.25, -0.2) is 10.1 Å². The van der Waals surface area contributed by atoms with Crippen molar-refractivity contribution in [1.29, 1.82) is 0 Å². The molecule has 0 saturated carbocycles. The van der Waals surface area contributed by atoms with E-state index in [4.69, 9.17) is 5.73 Å². The molecule has 0 aliphatic carbocycles. The summed E-state index contributed by atoms with van der Waals surface area (Å²) < 4.78 is 0. The van der Waals surface area contributed by atoms with Crippen LogP contribution in [0.15, 0.2) is 90.3 Å². The van der Waals surface area contributed by atoms with Crippen molar-refractivity contribution in [3.63, 3.8) is 0 Å². The minimum atomic E-state index is -0.898. The normalized spacial score (nSPS) is 12.0. The highest BCUT2D eigenvalue weighted by Crippen LogP contribution is 2.25. The number of carbonyl (C=O) groups excluding carboxylic acids is 2. The van der Waals surface area contributed by atoms with Gasteiger partial charge in [-0.2, -0.15) is 0 Å². The van der Waals surface area contributed by atoms with Gasteiger partial charge in [0.15, 0.2) is 5.03 Å². The van der Waals surface area contributed by atoms with E-state index in [1.807, 2.05) is 60.7 Å². The van der Waals surface area contributed by atoms with Crippen molar-refractivity contribution in [1.82, 2.24) is 20.9 Å². The molecule has 3 aromatic rings. The van der Waals surface area contributed by atoms with Crippen LogP contribution < -0.4 is 21.7 Å². The molecule has 3 rings (SSSR count). The topological polar surface area (TPSA) is 165 Å². The molecule has 0 spiro atoms. The lowest BCUT2D eigenvalue weighted by Crippen LogP contribution is -2.48.